The van der Waals surface area contributed by atoms with Crippen LogP contribution >= 0.6 is 0 Å². The Labute approximate surface area is 158 Å². The first-order valence-electron chi connectivity index (χ1n) is 8.87. The smallest absolute Gasteiger partial charge is 0.239 e. The zero-order chi connectivity index (χ0) is 20.3. The Bertz CT molecular complexity index is 461. The molecule has 0 aliphatic carbocycles. The van der Waals surface area contributed by atoms with E-state index in [-0.39, 0.29) is 50.6 Å². The molecule has 0 aromatic heterocycles. The molecule has 11 heteroatoms. The van der Waals surface area contributed by atoms with Crippen LogP contribution in [0.25, 0.3) is 0 Å². The highest BCUT2D eigenvalue weighted by Gasteiger charge is 2.08. The van der Waals surface area contributed by atoms with E-state index < -0.39 is 11.8 Å². The van der Waals surface area contributed by atoms with E-state index in [2.05, 4.69) is 16.0 Å². The van der Waals surface area contributed by atoms with E-state index in [1.54, 1.807) is 0 Å². The minimum Gasteiger partial charge on any atom is -0.378 e. The van der Waals surface area contributed by atoms with Crippen LogP contribution in [-0.4, -0.2) is 82.7 Å². The van der Waals surface area contributed by atoms with Gasteiger partial charge in [0.05, 0.1) is 39.5 Å². The largest absolute Gasteiger partial charge is 0.378 e. The molecule has 0 fully saturated rings. The molecule has 11 nitrogen and oxygen atoms in total. The third-order valence-electron chi connectivity index (χ3n) is 3.18. The lowest BCUT2D eigenvalue weighted by molar-refractivity contribution is -0.127. The molecule has 0 aromatic carbocycles. The van der Waals surface area contributed by atoms with Gasteiger partial charge >= 0.3 is 0 Å². The molecule has 0 aliphatic heterocycles. The molecular formula is C16H31N5O6. The summed E-state index contributed by atoms with van der Waals surface area (Å²) in [6.45, 7) is 2.40. The van der Waals surface area contributed by atoms with Gasteiger partial charge in [-0.3, -0.25) is 19.2 Å². The van der Waals surface area contributed by atoms with Crippen molar-refractivity contribution in [3.63, 3.8) is 0 Å². The van der Waals surface area contributed by atoms with Crippen LogP contribution in [0.2, 0.25) is 0 Å². The van der Waals surface area contributed by atoms with Gasteiger partial charge in [0.1, 0.15) is 5.78 Å². The summed E-state index contributed by atoms with van der Waals surface area (Å²) in [7, 11) is 0. The maximum absolute atomic E-state index is 11.6. The van der Waals surface area contributed by atoms with Crippen LogP contribution in [0.5, 0.6) is 0 Å². The summed E-state index contributed by atoms with van der Waals surface area (Å²) >= 11 is 0. The van der Waals surface area contributed by atoms with E-state index in [1.165, 1.54) is 0 Å². The monoisotopic (exact) mass is 389 g/mol. The fraction of sp³-hybridized carbons (Fsp3) is 0.750. The van der Waals surface area contributed by atoms with E-state index in [1.807, 2.05) is 0 Å². The van der Waals surface area contributed by atoms with Crippen molar-refractivity contribution in [2.75, 3.05) is 59.2 Å². The number of nitrogens with one attached hydrogen (secondary N) is 3. The summed E-state index contributed by atoms with van der Waals surface area (Å²) in [6, 6.07) is 0. The van der Waals surface area contributed by atoms with Gasteiger partial charge in [-0.25, -0.2) is 0 Å². The van der Waals surface area contributed by atoms with Crippen LogP contribution in [-0.2, 0) is 28.7 Å². The van der Waals surface area contributed by atoms with Crippen molar-refractivity contribution >= 4 is 23.5 Å². The number of Topliss-reactive ketones (excluding diaryl/α,β-unsaturated/α-hetero) is 1. The summed E-state index contributed by atoms with van der Waals surface area (Å²) in [5.74, 6) is -1.26. The molecular weight excluding hydrogens is 358 g/mol. The summed E-state index contributed by atoms with van der Waals surface area (Å²) in [6.07, 6.45) is 0.159. The van der Waals surface area contributed by atoms with Gasteiger partial charge in [-0.1, -0.05) is 0 Å². The number of carbonyl (C=O) groups is 4. The molecule has 3 amide bonds. The number of carbonyl (C=O) groups excluding carboxylic acids is 4. The fourth-order valence-electron chi connectivity index (χ4n) is 1.76. The number of amides is 3. The number of ether oxygens (including phenoxy) is 2. The van der Waals surface area contributed by atoms with Crippen molar-refractivity contribution < 1.29 is 28.7 Å². The van der Waals surface area contributed by atoms with E-state index in [9.17, 15) is 19.2 Å². The topological polar surface area (TPSA) is 175 Å². The first-order chi connectivity index (χ1) is 13.0. The number of rotatable bonds is 17. The van der Waals surface area contributed by atoms with Gasteiger partial charge in [0.2, 0.25) is 17.7 Å². The molecule has 0 saturated heterocycles. The molecule has 0 unspecified atom stereocenters. The summed E-state index contributed by atoms with van der Waals surface area (Å²) in [5.41, 5.74) is 10.4. The number of ketones is 1. The lowest BCUT2D eigenvalue weighted by Gasteiger charge is -2.08. The Morgan fingerprint density at radius 1 is 0.667 bits per heavy atom. The summed E-state index contributed by atoms with van der Waals surface area (Å²) in [4.78, 5) is 45.5. The van der Waals surface area contributed by atoms with Crippen molar-refractivity contribution in [3.8, 4) is 0 Å². The zero-order valence-corrected chi connectivity index (χ0v) is 15.6. The second-order valence-electron chi connectivity index (χ2n) is 5.48. The fourth-order valence-corrected chi connectivity index (χ4v) is 1.76. The lowest BCUT2D eigenvalue weighted by Crippen LogP contribution is -2.39. The number of hydrogen-bond donors (Lipinski definition) is 5. The quantitative estimate of drug-likeness (QED) is 0.164. The Balaban J connectivity index is 3.53. The lowest BCUT2D eigenvalue weighted by atomic mass is 10.2. The third kappa shape index (κ3) is 17.1. The van der Waals surface area contributed by atoms with Crippen molar-refractivity contribution in [2.45, 2.75) is 19.3 Å². The molecule has 0 spiro atoms. The SMILES string of the molecule is NCCOCCOCCNC(=O)CCNC(=O)CNC(=O)CCC(=O)CN. The predicted octanol–water partition coefficient (Wildman–Crippen LogP) is -2.97. The van der Waals surface area contributed by atoms with E-state index in [4.69, 9.17) is 20.9 Å². The molecule has 0 aliphatic rings. The number of nitrogens with two attached hydrogens (primary N) is 2. The third-order valence-corrected chi connectivity index (χ3v) is 3.18. The molecule has 7 N–H and O–H groups in total. The molecule has 0 rings (SSSR count). The standard InChI is InChI=1S/C16H31N5O6/c17-4-7-26-9-10-27-8-6-20-15(24)3-5-19-16(25)12-21-14(23)2-1-13(22)11-18/h1-12,17-18H2,(H,19,25)(H,20,24)(H,21,23). The average Bonchev–Trinajstić information content (AvgIpc) is 2.66. The van der Waals surface area contributed by atoms with E-state index >= 15 is 0 Å². The minimum atomic E-state index is -0.415. The maximum atomic E-state index is 11.6. The average molecular weight is 389 g/mol. The van der Waals surface area contributed by atoms with Gasteiger partial charge in [-0.2, -0.15) is 0 Å². The van der Waals surface area contributed by atoms with Crippen LogP contribution in [0, 0.1) is 0 Å². The number of hydrogen-bond acceptors (Lipinski definition) is 8. The Kier molecular flexibility index (Phi) is 16.0. The van der Waals surface area contributed by atoms with Gasteiger partial charge in [0.15, 0.2) is 0 Å². The molecule has 0 aromatic rings. The van der Waals surface area contributed by atoms with Crippen molar-refractivity contribution in [1.29, 1.82) is 0 Å². The van der Waals surface area contributed by atoms with Crippen molar-refractivity contribution in [3.05, 3.63) is 0 Å². The normalized spacial score (nSPS) is 10.3. The van der Waals surface area contributed by atoms with Gasteiger partial charge in [-0.15, -0.1) is 0 Å². The molecule has 0 saturated carbocycles. The Morgan fingerprint density at radius 3 is 1.96 bits per heavy atom. The Morgan fingerprint density at radius 2 is 1.30 bits per heavy atom. The highest BCUT2D eigenvalue weighted by molar-refractivity contribution is 5.88. The van der Waals surface area contributed by atoms with Crippen LogP contribution in [0.4, 0.5) is 0 Å². The first kappa shape index (κ1) is 24.9. The Hall–Kier alpha value is -2.08. The second kappa shape index (κ2) is 17.3. The van der Waals surface area contributed by atoms with Gasteiger partial charge in [0, 0.05) is 38.9 Å². The van der Waals surface area contributed by atoms with Gasteiger partial charge in [-0.05, 0) is 0 Å². The molecule has 156 valence electrons. The van der Waals surface area contributed by atoms with Crippen LogP contribution in [0.1, 0.15) is 19.3 Å². The molecule has 0 heterocycles. The van der Waals surface area contributed by atoms with E-state index in [0.29, 0.717) is 39.5 Å². The van der Waals surface area contributed by atoms with E-state index in [0.717, 1.165) is 0 Å². The van der Waals surface area contributed by atoms with Crippen molar-refractivity contribution in [2.24, 2.45) is 11.5 Å². The van der Waals surface area contributed by atoms with Crippen LogP contribution in [0.15, 0.2) is 0 Å². The summed E-state index contributed by atoms with van der Waals surface area (Å²) < 4.78 is 10.4. The highest BCUT2D eigenvalue weighted by atomic mass is 16.5. The van der Waals surface area contributed by atoms with Gasteiger partial charge < -0.3 is 36.9 Å². The molecule has 0 atom stereocenters. The molecule has 0 bridgehead atoms. The van der Waals surface area contributed by atoms with Crippen LogP contribution < -0.4 is 27.4 Å². The zero-order valence-electron chi connectivity index (χ0n) is 15.6. The minimum absolute atomic E-state index is 0.00701. The van der Waals surface area contributed by atoms with Crippen molar-refractivity contribution in [1.82, 2.24) is 16.0 Å². The second-order valence-corrected chi connectivity index (χ2v) is 5.48. The predicted molar refractivity (Wildman–Crippen MR) is 97.6 cm³/mol. The first-order valence-corrected chi connectivity index (χ1v) is 8.87. The van der Waals surface area contributed by atoms with Gasteiger partial charge in [0.25, 0.3) is 0 Å². The molecule has 27 heavy (non-hydrogen) atoms. The highest BCUT2D eigenvalue weighted by Crippen LogP contribution is 1.89. The molecule has 0 radical (unpaired) electrons. The summed E-state index contributed by atoms with van der Waals surface area (Å²) in [5, 5.41) is 7.56. The van der Waals surface area contributed by atoms with Crippen LogP contribution in [0.3, 0.4) is 0 Å². The maximum Gasteiger partial charge on any atom is 0.239 e.